The van der Waals surface area contributed by atoms with Crippen LogP contribution in [0, 0.1) is 6.92 Å². The molecular weight excluding hydrogens is 181 g/mol. The van der Waals surface area contributed by atoms with Crippen molar-refractivity contribution < 1.29 is 4.79 Å². The molecule has 1 rings (SSSR count). The number of carbonyl (C=O) groups is 1. The zero-order valence-corrected chi connectivity index (χ0v) is 8.65. The predicted octanol–water partition coefficient (Wildman–Crippen LogP) is 1.91. The van der Waals surface area contributed by atoms with Crippen LogP contribution in [-0.2, 0) is 5.75 Å². The Hall–Kier alpha value is -0.765. The summed E-state index contributed by atoms with van der Waals surface area (Å²) in [5.74, 6) is 4.79. The van der Waals surface area contributed by atoms with Crippen LogP contribution >= 0.6 is 11.8 Å². The molecular formula is C9H12BNOS. The number of nitrogens with one attached hydrogen (secondary N) is 1. The van der Waals surface area contributed by atoms with Gasteiger partial charge < -0.3 is 0 Å². The van der Waals surface area contributed by atoms with Crippen molar-refractivity contribution in [2.24, 2.45) is 0 Å². The van der Waals surface area contributed by atoms with Crippen molar-refractivity contribution in [2.45, 2.75) is 12.7 Å². The van der Waals surface area contributed by atoms with Gasteiger partial charge in [0.25, 0.3) is 0 Å². The number of amides is 1. The standard InChI is InChI=1S/C9H12BNOS/c1-7-5-10-4-3-8(7)6-13-9(12)11-2/h3-5H,6H2,1-2H3,(H,11,12). The Bertz CT molecular complexity index is 303. The van der Waals surface area contributed by atoms with Crippen LogP contribution in [0.5, 0.6) is 0 Å². The van der Waals surface area contributed by atoms with Gasteiger partial charge in [0.15, 0.2) is 0 Å². The Kier molecular flexibility index (Phi) is 4.02. The molecule has 0 unspecified atom stereocenters. The molecule has 0 atom stereocenters. The van der Waals surface area contributed by atoms with E-state index >= 15 is 0 Å². The zero-order chi connectivity index (χ0) is 9.68. The fourth-order valence-electron chi connectivity index (χ4n) is 0.988. The van der Waals surface area contributed by atoms with Gasteiger partial charge in [-0.15, -0.1) is 0 Å². The van der Waals surface area contributed by atoms with Crippen LogP contribution in [0.1, 0.15) is 11.1 Å². The summed E-state index contributed by atoms with van der Waals surface area (Å²) in [5, 5.41) is 2.60. The quantitative estimate of drug-likeness (QED) is 0.777. The molecule has 2 nitrogen and oxygen atoms in total. The fourth-order valence-corrected chi connectivity index (χ4v) is 1.74. The van der Waals surface area contributed by atoms with Gasteiger partial charge in [0.1, 0.15) is 0 Å². The van der Waals surface area contributed by atoms with Crippen molar-refractivity contribution in [1.29, 1.82) is 0 Å². The number of rotatable bonds is 2. The van der Waals surface area contributed by atoms with Crippen LogP contribution < -0.4 is 5.32 Å². The maximum atomic E-state index is 10.9. The zero-order valence-electron chi connectivity index (χ0n) is 7.83. The Morgan fingerprint density at radius 2 is 2.46 bits per heavy atom. The van der Waals surface area contributed by atoms with Gasteiger partial charge in [-0.05, 0) is 0 Å². The van der Waals surface area contributed by atoms with E-state index in [-0.39, 0.29) is 5.24 Å². The van der Waals surface area contributed by atoms with E-state index < -0.39 is 0 Å². The third-order valence-electron chi connectivity index (χ3n) is 1.82. The third kappa shape index (κ3) is 3.23. The van der Waals surface area contributed by atoms with Crippen LogP contribution in [0.4, 0.5) is 4.79 Å². The van der Waals surface area contributed by atoms with Crippen molar-refractivity contribution in [3.8, 4) is 0 Å². The van der Waals surface area contributed by atoms with Gasteiger partial charge in [0.05, 0.1) is 0 Å². The number of aryl methyl sites for hydroxylation is 1. The monoisotopic (exact) mass is 193 g/mol. The van der Waals surface area contributed by atoms with Gasteiger partial charge in [0, 0.05) is 0 Å². The molecule has 0 saturated carbocycles. The molecule has 0 aliphatic heterocycles. The Labute approximate surface area is 83.3 Å². The molecule has 13 heavy (non-hydrogen) atoms. The average Bonchev–Trinajstić information content (AvgIpc) is 2.16. The van der Waals surface area contributed by atoms with E-state index in [0.717, 1.165) is 5.75 Å². The Morgan fingerprint density at radius 3 is 3.08 bits per heavy atom. The minimum absolute atomic E-state index is 0.0169. The molecule has 1 amide bonds. The summed E-state index contributed by atoms with van der Waals surface area (Å²) in [6.45, 7) is 4.06. The number of hydrogen-bond acceptors (Lipinski definition) is 2. The Morgan fingerprint density at radius 1 is 1.69 bits per heavy atom. The first kappa shape index (κ1) is 10.3. The topological polar surface area (TPSA) is 29.1 Å². The van der Waals surface area contributed by atoms with Gasteiger partial charge in [0.2, 0.25) is 0 Å². The van der Waals surface area contributed by atoms with Crippen molar-refractivity contribution in [3.63, 3.8) is 0 Å². The predicted molar refractivity (Wildman–Crippen MR) is 58.3 cm³/mol. The van der Waals surface area contributed by atoms with E-state index in [1.165, 1.54) is 22.9 Å². The summed E-state index contributed by atoms with van der Waals surface area (Å²) in [6, 6.07) is 2.05. The summed E-state index contributed by atoms with van der Waals surface area (Å²) in [5.41, 5.74) is 2.45. The molecule has 0 aliphatic carbocycles. The van der Waals surface area contributed by atoms with Gasteiger partial charge in [-0.3, -0.25) is 0 Å². The molecule has 68 valence electrons. The number of carbonyl (C=O) groups excluding carboxylic acids is 1. The second-order valence-electron chi connectivity index (χ2n) is 2.75. The summed E-state index contributed by atoms with van der Waals surface area (Å²) in [4.78, 5) is 10.9. The van der Waals surface area contributed by atoms with Crippen LogP contribution in [0.2, 0.25) is 0 Å². The summed E-state index contributed by atoms with van der Waals surface area (Å²) < 4.78 is 0. The molecule has 0 aromatic carbocycles. The van der Waals surface area contributed by atoms with Crippen LogP contribution in [0.15, 0.2) is 18.0 Å². The van der Waals surface area contributed by atoms with Gasteiger partial charge >= 0.3 is 82.9 Å². The van der Waals surface area contributed by atoms with Gasteiger partial charge in [-0.25, -0.2) is 0 Å². The second kappa shape index (κ2) is 5.07. The van der Waals surface area contributed by atoms with E-state index in [9.17, 15) is 4.79 Å². The normalized spacial score (nSPS) is 9.38. The molecule has 0 spiro atoms. The molecule has 1 heterocycles. The first-order chi connectivity index (χ1) is 6.24. The van der Waals surface area contributed by atoms with Crippen molar-refractivity contribution in [2.75, 3.05) is 7.05 Å². The third-order valence-corrected chi connectivity index (χ3v) is 2.75. The van der Waals surface area contributed by atoms with Crippen LogP contribution in [0.3, 0.4) is 0 Å². The van der Waals surface area contributed by atoms with Gasteiger partial charge in [-0.2, -0.15) is 0 Å². The first-order valence-corrected chi connectivity index (χ1v) is 5.11. The summed E-state index contributed by atoms with van der Waals surface area (Å²) in [6.07, 6.45) is 0. The fraction of sp³-hybridized carbons (Fsp3) is 0.333. The average molecular weight is 193 g/mol. The Balaban J connectivity index is 2.54. The molecule has 0 fully saturated rings. The van der Waals surface area contributed by atoms with Crippen LogP contribution in [-0.4, -0.2) is 19.2 Å². The molecule has 0 aliphatic rings. The molecule has 0 bridgehead atoms. The van der Waals surface area contributed by atoms with Gasteiger partial charge in [-0.1, -0.05) is 0 Å². The molecule has 0 saturated heterocycles. The van der Waals surface area contributed by atoms with Crippen molar-refractivity contribution >= 4 is 23.9 Å². The van der Waals surface area contributed by atoms with E-state index in [2.05, 4.69) is 18.2 Å². The molecule has 1 aromatic rings. The number of hydrogen-bond donors (Lipinski definition) is 1. The van der Waals surface area contributed by atoms with Crippen molar-refractivity contribution in [1.82, 2.24) is 5.32 Å². The van der Waals surface area contributed by atoms with E-state index in [1.54, 1.807) is 7.05 Å². The van der Waals surface area contributed by atoms with E-state index in [0.29, 0.717) is 0 Å². The molecule has 1 aromatic heterocycles. The summed E-state index contributed by atoms with van der Waals surface area (Å²) >= 11 is 1.29. The van der Waals surface area contributed by atoms with E-state index in [4.69, 9.17) is 0 Å². The molecule has 1 N–H and O–H groups in total. The minimum atomic E-state index is 0.0169. The summed E-state index contributed by atoms with van der Waals surface area (Å²) in [7, 11) is 1.65. The SMILES string of the molecule is CNC(=O)SCc1ccbcc1C. The molecule has 4 heteroatoms. The van der Waals surface area contributed by atoms with Crippen molar-refractivity contribution in [3.05, 3.63) is 29.1 Å². The molecule has 0 radical (unpaired) electrons. The second-order valence-corrected chi connectivity index (χ2v) is 3.70. The van der Waals surface area contributed by atoms with E-state index in [1.807, 2.05) is 18.9 Å². The number of thioether (sulfide) groups is 1. The first-order valence-electron chi connectivity index (χ1n) is 4.13. The maximum absolute atomic E-state index is 10.9. The van der Waals surface area contributed by atoms with Crippen LogP contribution in [0.25, 0.3) is 0 Å².